The van der Waals surface area contributed by atoms with Crippen molar-refractivity contribution < 1.29 is 111 Å². The summed E-state index contributed by atoms with van der Waals surface area (Å²) in [6.45, 7) is 7.19. The lowest BCUT2D eigenvalue weighted by molar-refractivity contribution is -0.384. The second-order valence-corrected chi connectivity index (χ2v) is 18.6. The Bertz CT molecular complexity index is 2480. The molecule has 34 nitrogen and oxygen atoms in total. The number of hydrogen-bond donors (Lipinski definition) is 5. The number of amides is 7. The number of piperidine rings is 2. The van der Waals surface area contributed by atoms with Crippen molar-refractivity contribution in [1.82, 2.24) is 41.1 Å². The van der Waals surface area contributed by atoms with Gasteiger partial charge in [-0.15, -0.1) is 8.57 Å². The minimum absolute atomic E-state index is 0.0516. The van der Waals surface area contributed by atoms with E-state index >= 15 is 0 Å². The van der Waals surface area contributed by atoms with Crippen LogP contribution < -0.4 is 21.0 Å². The van der Waals surface area contributed by atoms with Crippen LogP contribution in [0.4, 0.5) is 24.9 Å². The first kappa shape index (κ1) is 58.1. The third-order valence-electron chi connectivity index (χ3n) is 11.1. The molecule has 0 spiro atoms. The Morgan fingerprint density at radius 3 is 1.64 bits per heavy atom. The predicted octanol–water partition coefficient (Wildman–Crippen LogP) is -0.424. The van der Waals surface area contributed by atoms with E-state index in [1.807, 2.05) is 0 Å². The van der Waals surface area contributed by atoms with Gasteiger partial charge in [-0.2, -0.15) is 27.0 Å². The van der Waals surface area contributed by atoms with Crippen LogP contribution >= 0.6 is 0 Å². The van der Waals surface area contributed by atoms with Crippen molar-refractivity contribution in [3.63, 3.8) is 0 Å². The number of carbonyl (C=O) groups is 8. The molecule has 0 saturated carbocycles. The fraction of sp³-hybridized carbons (Fsp3) is 0.632. The lowest BCUT2D eigenvalue weighted by Crippen LogP contribution is -2.50. The lowest BCUT2D eigenvalue weighted by Gasteiger charge is -2.29. The quantitative estimate of drug-likeness (QED) is 0.0350. The van der Waals surface area contributed by atoms with E-state index in [1.165, 1.54) is 61.8 Å². The fourth-order valence-corrected chi connectivity index (χ4v) is 8.75. The maximum Gasteiger partial charge on any atom is 0.516 e. The maximum atomic E-state index is 12.5. The van der Waals surface area contributed by atoms with Crippen LogP contribution in [0.15, 0.2) is 24.3 Å². The number of non-ortho nitro benzene ring substituents is 1. The summed E-state index contributed by atoms with van der Waals surface area (Å²) in [4.78, 5) is 118. The number of nitro benzene ring substituents is 1. The van der Waals surface area contributed by atoms with E-state index in [-0.39, 0.29) is 50.0 Å². The summed E-state index contributed by atoms with van der Waals surface area (Å²) in [5.74, 6) is -2.19. The van der Waals surface area contributed by atoms with Crippen molar-refractivity contribution in [2.45, 2.75) is 115 Å². The summed E-state index contributed by atoms with van der Waals surface area (Å²) in [5.41, 5.74) is 4.51. The monoisotopic (exact) mass is 1100 g/mol. The number of urea groups is 2. The lowest BCUT2D eigenvalue weighted by atomic mass is 10.0. The Kier molecular flexibility index (Phi) is 20.0. The van der Waals surface area contributed by atoms with E-state index in [0.29, 0.717) is 42.5 Å². The van der Waals surface area contributed by atoms with Crippen molar-refractivity contribution >= 4 is 74.5 Å². The van der Waals surface area contributed by atoms with Crippen LogP contribution in [0.5, 0.6) is 5.75 Å². The molecule has 8 atom stereocenters. The van der Waals surface area contributed by atoms with Crippen molar-refractivity contribution in [2.75, 3.05) is 39.3 Å². The zero-order chi connectivity index (χ0) is 54.7. The van der Waals surface area contributed by atoms with E-state index in [0.717, 1.165) is 17.9 Å². The average molecular weight is 1100 g/mol. The van der Waals surface area contributed by atoms with E-state index < -0.39 is 117 Å². The number of rotatable bonds is 16. The largest absolute Gasteiger partial charge is 0.516 e. The van der Waals surface area contributed by atoms with E-state index in [1.54, 1.807) is 0 Å². The van der Waals surface area contributed by atoms with E-state index in [2.05, 4.69) is 34.3 Å². The first-order valence-corrected chi connectivity index (χ1v) is 25.0. The molecule has 0 aliphatic carbocycles. The smallest absolute Gasteiger partial charge is 0.426 e. The van der Waals surface area contributed by atoms with Gasteiger partial charge in [0.25, 0.3) is 17.5 Å². The molecular formula is C38H53N9O25S2. The van der Waals surface area contributed by atoms with Gasteiger partial charge in [-0.1, -0.05) is 0 Å². The molecule has 6 aliphatic rings. The van der Waals surface area contributed by atoms with Crippen LogP contribution in [0.25, 0.3) is 0 Å². The van der Waals surface area contributed by atoms with Gasteiger partial charge in [0.15, 0.2) is 0 Å². The Morgan fingerprint density at radius 2 is 1.19 bits per heavy atom. The first-order valence-electron chi connectivity index (χ1n) is 22.3. The van der Waals surface area contributed by atoms with Crippen molar-refractivity contribution in [2.24, 2.45) is 0 Å². The number of nitrogens with one attached hydrogen (secondary N) is 3. The highest BCUT2D eigenvalue weighted by molar-refractivity contribution is 7.81. The Balaban J connectivity index is 0.000000214. The topological polar surface area (TPSA) is 424 Å². The summed E-state index contributed by atoms with van der Waals surface area (Å²) < 4.78 is 93.2. The van der Waals surface area contributed by atoms with Crippen molar-refractivity contribution in [1.29, 1.82) is 0 Å². The second kappa shape index (κ2) is 25.4. The van der Waals surface area contributed by atoms with Crippen LogP contribution in [0.2, 0.25) is 0 Å². The van der Waals surface area contributed by atoms with Gasteiger partial charge in [-0.3, -0.25) is 48.1 Å². The third-order valence-corrected chi connectivity index (χ3v) is 11.8. The van der Waals surface area contributed by atoms with Crippen LogP contribution in [0.3, 0.4) is 0 Å². The summed E-state index contributed by atoms with van der Waals surface area (Å²) >= 11 is 0. The summed E-state index contributed by atoms with van der Waals surface area (Å²) in [6.07, 6.45) is -2.12. The molecule has 1 aromatic rings. The molecule has 7 rings (SSSR count). The van der Waals surface area contributed by atoms with Crippen LogP contribution in [0.1, 0.15) is 66.2 Å². The zero-order valence-corrected chi connectivity index (χ0v) is 41.3. The highest BCUT2D eigenvalue weighted by Gasteiger charge is 2.51. The average Bonchev–Trinajstić information content (AvgIpc) is 4.10. The molecule has 0 radical (unpaired) electrons. The van der Waals surface area contributed by atoms with Gasteiger partial charge in [0.2, 0.25) is 12.6 Å². The second-order valence-electron chi connectivity index (χ2n) is 16.6. The zero-order valence-electron chi connectivity index (χ0n) is 39.7. The molecule has 6 saturated heterocycles. The number of nitrogens with zero attached hydrogens (tertiary/aromatic N) is 6. The SMILES string of the molecule is CC(=O)OC(C)OC(=O)N1CC[C@H](ONC(=O)[C@@H]2CC[C@@H]3CN2C(=O)N3OS(=O)(=O)O)C1.CC(=O)OC(C)OC(=O)Oc1ccc([N+](=O)[O-])cc1.O=C(NO[C@H]1CCNC1)[C@@H]1CC[C@@H]2CN1C(=O)N2OS(=O)(=O)O. The molecule has 2 unspecified atom stereocenters. The highest BCUT2D eigenvalue weighted by atomic mass is 32.3. The van der Waals surface area contributed by atoms with Crippen LogP contribution in [0, 0.1) is 10.1 Å². The number of nitro groups is 1. The molecular weight excluding hydrogens is 1050 g/mol. The van der Waals surface area contributed by atoms with Gasteiger partial charge in [-0.25, -0.2) is 30.1 Å². The number of likely N-dealkylation sites (tertiary alicyclic amines) is 1. The first-order chi connectivity index (χ1) is 34.7. The summed E-state index contributed by atoms with van der Waals surface area (Å²) in [7, 11) is -9.67. The summed E-state index contributed by atoms with van der Waals surface area (Å²) in [6, 6.07) is 0.410. The number of carbonyl (C=O) groups excluding carboxylic acids is 8. The molecule has 6 fully saturated rings. The molecule has 0 aromatic heterocycles. The van der Waals surface area contributed by atoms with E-state index in [4.69, 9.17) is 33.0 Å². The molecule has 7 amide bonds. The van der Waals surface area contributed by atoms with Crippen molar-refractivity contribution in [3.05, 3.63) is 34.4 Å². The van der Waals surface area contributed by atoms with Gasteiger partial charge in [0, 0.05) is 66.0 Å². The summed E-state index contributed by atoms with van der Waals surface area (Å²) in [5, 5.41) is 14.6. The number of ether oxygens (including phenoxy) is 5. The van der Waals surface area contributed by atoms with Gasteiger partial charge in [0.05, 0.1) is 29.7 Å². The molecule has 6 heterocycles. The normalized spacial score (nSPS) is 23.8. The van der Waals surface area contributed by atoms with Gasteiger partial charge in [-0.05, 0) is 57.2 Å². The molecule has 1 aromatic carbocycles. The van der Waals surface area contributed by atoms with Crippen molar-refractivity contribution in [3.8, 4) is 5.75 Å². The van der Waals surface area contributed by atoms with Gasteiger partial charge in [0.1, 0.15) is 23.9 Å². The van der Waals surface area contributed by atoms with Crippen LogP contribution in [-0.4, -0.2) is 192 Å². The third kappa shape index (κ3) is 17.1. The number of esters is 2. The van der Waals surface area contributed by atoms with Gasteiger partial charge < -0.3 is 43.7 Å². The van der Waals surface area contributed by atoms with E-state index in [9.17, 15) is 65.3 Å². The van der Waals surface area contributed by atoms with Gasteiger partial charge >= 0.3 is 57.0 Å². The number of hydroxylamine groups is 6. The Hall–Kier alpha value is -6.80. The standard InChI is InChI=1S/C16H24N4O11S.C11H18N4O7S.C11H11NO7/c1-9(21)28-10(2)29-16(24)18-6-5-12(8-18)30-17-14(22)13-4-3-11-7-19(13)15(23)20(11)31-32(25,26)27;16-10(13-21-8-3-4-12-5-8)9-2-1-7-6-14(9)11(17)15(7)22-23(18,19)20;1-7(13)17-8(2)18-11(14)19-10-5-3-9(4-6-10)12(15)16/h10-13H,3-8H2,1-2H3,(H,17,22)(H,25,26,27);7-9,12H,1-6H2,(H,13,16)(H,18,19,20);3-6,8H,1-2H3/t10?,11-,12+,13+;7-,8+,9+;/m11./s1. The van der Waals surface area contributed by atoms with Crippen LogP contribution in [-0.2, 0) is 77.2 Å². The highest BCUT2D eigenvalue weighted by Crippen LogP contribution is 2.32. The molecule has 412 valence electrons. The molecule has 6 aliphatic heterocycles. The number of fused-ring (bicyclic) bond motifs is 4. The Labute approximate surface area is 420 Å². The number of benzene rings is 1. The molecule has 5 N–H and O–H groups in total. The minimum Gasteiger partial charge on any atom is -0.426 e. The molecule has 36 heteroatoms. The predicted molar refractivity (Wildman–Crippen MR) is 236 cm³/mol. The Morgan fingerprint density at radius 1 is 0.703 bits per heavy atom. The number of hydrogen-bond acceptors (Lipinski definition) is 24. The maximum absolute atomic E-state index is 12.5. The molecule has 74 heavy (non-hydrogen) atoms. The molecule has 4 bridgehead atoms. The minimum atomic E-state index is -4.88. The fourth-order valence-electron chi connectivity index (χ4n) is 7.97.